The number of carbonyl (C=O) groups is 3. The molecular weight excluding hydrogens is 570 g/mol. The van der Waals surface area contributed by atoms with Gasteiger partial charge in [0.05, 0.1) is 5.69 Å². The second-order valence-corrected chi connectivity index (χ2v) is 11.1. The van der Waals surface area contributed by atoms with E-state index in [2.05, 4.69) is 22.4 Å². The van der Waals surface area contributed by atoms with Gasteiger partial charge in [-0.2, -0.15) is 0 Å². The summed E-state index contributed by atoms with van der Waals surface area (Å²) in [7, 11) is 0. The van der Waals surface area contributed by atoms with Crippen LogP contribution in [0.4, 0.5) is 9.59 Å². The number of fused-ring (bicyclic) bond motifs is 6. The highest BCUT2D eigenvalue weighted by Gasteiger charge is 2.31. The molecule has 1 amide bonds. The Bertz CT molecular complexity index is 1840. The topological polar surface area (TPSA) is 120 Å². The van der Waals surface area contributed by atoms with Gasteiger partial charge in [0, 0.05) is 24.5 Å². The number of hydrogen-bond acceptors (Lipinski definition) is 6. The summed E-state index contributed by atoms with van der Waals surface area (Å²) in [5.41, 5.74) is 9.05. The molecule has 0 saturated carbocycles. The van der Waals surface area contributed by atoms with Gasteiger partial charge in [0.15, 0.2) is 0 Å². The Morgan fingerprint density at radius 3 is 1.62 bits per heavy atom. The smallest absolute Gasteiger partial charge is 0.419 e. The molecule has 4 aromatic carbocycles. The Kier molecular flexibility index (Phi) is 7.34. The minimum atomic E-state index is -1.31. The van der Waals surface area contributed by atoms with Gasteiger partial charge in [0.25, 0.3) is 0 Å². The van der Waals surface area contributed by atoms with Crippen LogP contribution < -0.4 is 5.32 Å². The first-order valence-electron chi connectivity index (χ1n) is 14.7. The molecule has 9 nitrogen and oxygen atoms in total. The van der Waals surface area contributed by atoms with Crippen LogP contribution in [0.25, 0.3) is 22.3 Å². The molecule has 2 N–H and O–H groups in total. The first-order chi connectivity index (χ1) is 22.0. The predicted octanol–water partition coefficient (Wildman–Crippen LogP) is 6.21. The number of aliphatic carboxylic acids is 1. The number of carboxylic acids is 1. The van der Waals surface area contributed by atoms with E-state index in [0.29, 0.717) is 5.69 Å². The Balaban J connectivity index is 0.963. The van der Waals surface area contributed by atoms with Gasteiger partial charge in [-0.15, -0.1) is 0 Å². The molecule has 2 aliphatic carbocycles. The fourth-order valence-corrected chi connectivity index (χ4v) is 6.43. The summed E-state index contributed by atoms with van der Waals surface area (Å²) in [4.78, 5) is 41.9. The number of benzene rings is 4. The van der Waals surface area contributed by atoms with Crippen molar-refractivity contribution in [2.75, 3.05) is 13.2 Å². The standard InChI is InChI=1S/C36H29N3O6/c40-34(41)33(38-35(42)44-19-31-27-13-5-1-9-23(27)24-10-2-6-14-28(24)31)17-22-18-39(21-37-22)36(43)45-20-32-29-15-7-3-11-25(29)26-12-4-8-16-30(26)32/h1-16,18,21,31-33H,17,19-20H2,(H,38,42)(H,40,41)/t33-/m1/s1. The normalized spacial score (nSPS) is 13.7. The van der Waals surface area contributed by atoms with Crippen LogP contribution in [0.2, 0.25) is 0 Å². The quantitative estimate of drug-likeness (QED) is 0.217. The minimum absolute atomic E-state index is 0.0581. The molecule has 0 spiro atoms. The molecule has 0 aliphatic heterocycles. The second-order valence-electron chi connectivity index (χ2n) is 11.1. The van der Waals surface area contributed by atoms with E-state index in [1.807, 2.05) is 84.9 Å². The van der Waals surface area contributed by atoms with E-state index in [-0.39, 0.29) is 31.5 Å². The fraction of sp³-hybridized carbons (Fsp3) is 0.167. The monoisotopic (exact) mass is 599 g/mol. The van der Waals surface area contributed by atoms with E-state index in [4.69, 9.17) is 9.47 Å². The van der Waals surface area contributed by atoms with Crippen LogP contribution in [0.1, 0.15) is 39.8 Å². The van der Waals surface area contributed by atoms with Crippen LogP contribution in [0.5, 0.6) is 0 Å². The van der Waals surface area contributed by atoms with Gasteiger partial charge in [0.1, 0.15) is 25.6 Å². The van der Waals surface area contributed by atoms with Crippen molar-refractivity contribution in [1.82, 2.24) is 14.9 Å². The van der Waals surface area contributed by atoms with Crippen molar-refractivity contribution >= 4 is 18.2 Å². The van der Waals surface area contributed by atoms with E-state index in [1.165, 1.54) is 17.1 Å². The summed E-state index contributed by atoms with van der Waals surface area (Å²) >= 11 is 0. The first-order valence-corrected chi connectivity index (χ1v) is 14.7. The number of carboxylic acid groups (broad SMARTS) is 1. The van der Waals surface area contributed by atoms with Crippen LogP contribution in [-0.2, 0) is 20.7 Å². The Hall–Kier alpha value is -5.70. The molecule has 5 aromatic rings. The number of imidazole rings is 1. The lowest BCUT2D eigenvalue weighted by molar-refractivity contribution is -0.139. The number of rotatable bonds is 8. The molecule has 45 heavy (non-hydrogen) atoms. The lowest BCUT2D eigenvalue weighted by Crippen LogP contribution is -2.43. The average Bonchev–Trinajstić information content (AvgIpc) is 3.75. The average molecular weight is 600 g/mol. The second kappa shape index (κ2) is 11.8. The Labute approximate surface area is 259 Å². The number of nitrogens with one attached hydrogen (secondary N) is 1. The summed E-state index contributed by atoms with van der Waals surface area (Å²) < 4.78 is 12.4. The molecular formula is C36H29N3O6. The predicted molar refractivity (Wildman–Crippen MR) is 166 cm³/mol. The van der Waals surface area contributed by atoms with Crippen molar-refractivity contribution in [1.29, 1.82) is 0 Å². The van der Waals surface area contributed by atoms with Crippen LogP contribution in [0.15, 0.2) is 110 Å². The van der Waals surface area contributed by atoms with Gasteiger partial charge in [0.2, 0.25) is 0 Å². The zero-order valence-electron chi connectivity index (χ0n) is 24.1. The maximum absolute atomic E-state index is 12.9. The zero-order valence-corrected chi connectivity index (χ0v) is 24.1. The molecule has 0 fully saturated rings. The molecule has 1 heterocycles. The molecule has 7 rings (SSSR count). The third-order valence-electron chi connectivity index (χ3n) is 8.53. The molecule has 1 atom stereocenters. The number of alkyl carbamates (subject to hydrolysis) is 1. The van der Waals surface area contributed by atoms with Crippen molar-refractivity contribution in [2.45, 2.75) is 24.3 Å². The fourth-order valence-electron chi connectivity index (χ4n) is 6.43. The highest BCUT2D eigenvalue weighted by molar-refractivity contribution is 5.82. The first kappa shape index (κ1) is 28.1. The molecule has 224 valence electrons. The lowest BCUT2D eigenvalue weighted by atomic mass is 9.98. The molecule has 0 radical (unpaired) electrons. The largest absolute Gasteiger partial charge is 0.480 e. The Morgan fingerprint density at radius 2 is 1.16 bits per heavy atom. The van der Waals surface area contributed by atoms with Gasteiger partial charge in [-0.05, 0) is 44.5 Å². The molecule has 9 heteroatoms. The summed E-state index contributed by atoms with van der Waals surface area (Å²) in [6.07, 6.45) is 1.06. The molecule has 0 saturated heterocycles. The van der Waals surface area contributed by atoms with E-state index in [0.717, 1.165) is 44.5 Å². The van der Waals surface area contributed by atoms with Gasteiger partial charge in [-0.3, -0.25) is 0 Å². The highest BCUT2D eigenvalue weighted by atomic mass is 16.6. The summed E-state index contributed by atoms with van der Waals surface area (Å²) in [5, 5.41) is 12.2. The highest BCUT2D eigenvalue weighted by Crippen LogP contribution is 2.45. The summed E-state index contributed by atoms with van der Waals surface area (Å²) in [6, 6.07) is 30.7. The number of nitrogens with zero attached hydrogens (tertiary/aromatic N) is 2. The zero-order chi connectivity index (χ0) is 30.9. The van der Waals surface area contributed by atoms with Crippen LogP contribution in [0, 0.1) is 0 Å². The maximum atomic E-state index is 12.9. The number of carbonyl (C=O) groups excluding carboxylic acids is 2. The molecule has 0 unspecified atom stereocenters. The van der Waals surface area contributed by atoms with Crippen LogP contribution in [-0.4, -0.2) is 52.1 Å². The van der Waals surface area contributed by atoms with E-state index in [1.54, 1.807) is 0 Å². The lowest BCUT2D eigenvalue weighted by Gasteiger charge is -2.17. The SMILES string of the molecule is O=C(N[C@H](Cc1cn(C(=O)OCC2c3ccccc3-c3ccccc32)cn1)C(=O)O)OCC1c2ccccc2-c2ccccc21. The van der Waals surface area contributed by atoms with Crippen molar-refractivity contribution in [3.05, 3.63) is 138 Å². The van der Waals surface area contributed by atoms with Gasteiger partial charge in [-0.1, -0.05) is 97.1 Å². The molecule has 1 aromatic heterocycles. The van der Waals surface area contributed by atoms with Crippen molar-refractivity contribution < 1.29 is 29.0 Å². The number of amides is 1. The van der Waals surface area contributed by atoms with Gasteiger partial charge in [-0.25, -0.2) is 23.9 Å². The van der Waals surface area contributed by atoms with E-state index < -0.39 is 24.2 Å². The van der Waals surface area contributed by atoms with Crippen LogP contribution >= 0.6 is 0 Å². The van der Waals surface area contributed by atoms with Crippen LogP contribution in [0.3, 0.4) is 0 Å². The van der Waals surface area contributed by atoms with Gasteiger partial charge < -0.3 is 19.9 Å². The number of aromatic nitrogens is 2. The molecule has 2 aliphatic rings. The third kappa shape index (κ3) is 5.33. The summed E-state index contributed by atoms with van der Waals surface area (Å²) in [6.45, 7) is 0.198. The van der Waals surface area contributed by atoms with Crippen molar-refractivity contribution in [3.8, 4) is 22.3 Å². The third-order valence-corrected chi connectivity index (χ3v) is 8.53. The Morgan fingerprint density at radius 1 is 0.711 bits per heavy atom. The summed E-state index contributed by atoms with van der Waals surface area (Å²) in [5.74, 6) is -1.50. The number of hydrogen-bond donors (Lipinski definition) is 2. The molecule has 0 bridgehead atoms. The van der Waals surface area contributed by atoms with E-state index in [9.17, 15) is 19.5 Å². The number of ether oxygens (including phenoxy) is 2. The van der Waals surface area contributed by atoms with Gasteiger partial charge >= 0.3 is 18.2 Å². The van der Waals surface area contributed by atoms with Crippen molar-refractivity contribution in [2.24, 2.45) is 0 Å². The minimum Gasteiger partial charge on any atom is -0.480 e. The maximum Gasteiger partial charge on any atom is 0.419 e. The van der Waals surface area contributed by atoms with E-state index >= 15 is 0 Å². The van der Waals surface area contributed by atoms with Crippen molar-refractivity contribution in [3.63, 3.8) is 0 Å².